The highest BCUT2D eigenvalue weighted by atomic mass is 35.5. The molecule has 0 aliphatic rings. The number of hydrogen-bond acceptors (Lipinski definition) is 5. The lowest BCUT2D eigenvalue weighted by Crippen LogP contribution is -2.45. The minimum absolute atomic E-state index is 0.120. The first-order valence-corrected chi connectivity index (χ1v) is 13.4. The van der Waals surface area contributed by atoms with Gasteiger partial charge in [0.25, 0.3) is 0 Å². The van der Waals surface area contributed by atoms with Gasteiger partial charge in [-0.15, -0.1) is 0 Å². The van der Waals surface area contributed by atoms with Crippen LogP contribution in [0.4, 0.5) is 16.2 Å². The van der Waals surface area contributed by atoms with Crippen LogP contribution in [0.15, 0.2) is 72.8 Å². The zero-order valence-electron chi connectivity index (χ0n) is 21.6. The van der Waals surface area contributed by atoms with Crippen molar-refractivity contribution in [2.24, 2.45) is 0 Å². The lowest BCUT2D eigenvalue weighted by molar-refractivity contribution is -0.123. The number of alkyl carbamates (subject to hydrolysis) is 1. The Morgan fingerprint density at radius 3 is 2.18 bits per heavy atom. The van der Waals surface area contributed by atoms with Gasteiger partial charge in [0, 0.05) is 18.8 Å². The van der Waals surface area contributed by atoms with Gasteiger partial charge in [0.2, 0.25) is 11.8 Å². The maximum atomic E-state index is 12.5. The van der Waals surface area contributed by atoms with E-state index in [1.165, 1.54) is 0 Å². The Morgan fingerprint density at radius 1 is 0.821 bits per heavy atom. The number of rotatable bonds is 13. The number of anilines is 2. The van der Waals surface area contributed by atoms with Gasteiger partial charge in [-0.05, 0) is 49.1 Å². The van der Waals surface area contributed by atoms with Crippen LogP contribution in [-0.2, 0) is 27.4 Å². The smallest absolute Gasteiger partial charge is 0.408 e. The molecule has 1 atom stereocenters. The van der Waals surface area contributed by atoms with E-state index in [0.29, 0.717) is 41.7 Å². The van der Waals surface area contributed by atoms with Crippen LogP contribution in [0.25, 0.3) is 0 Å². The molecule has 0 heterocycles. The summed E-state index contributed by atoms with van der Waals surface area (Å²) in [4.78, 5) is 36.7. The summed E-state index contributed by atoms with van der Waals surface area (Å²) in [6.07, 6.45) is 0.879. The molecule has 206 valence electrons. The predicted molar refractivity (Wildman–Crippen MR) is 154 cm³/mol. The number of benzene rings is 3. The number of nitrogens with one attached hydrogen (secondary N) is 4. The lowest BCUT2D eigenvalue weighted by atomic mass is 10.1. The molecule has 0 bridgehead atoms. The van der Waals surface area contributed by atoms with E-state index in [9.17, 15) is 14.4 Å². The Kier molecular flexibility index (Phi) is 11.9. The van der Waals surface area contributed by atoms with Gasteiger partial charge in [-0.1, -0.05) is 77.8 Å². The molecule has 39 heavy (non-hydrogen) atoms. The SMILES string of the molecule is C[C@H](NC(=O)OCc1ccccc1)C(=O)NCCCCNC(=O)Cc1ccccc1Nc1c(Cl)cccc1Cl. The van der Waals surface area contributed by atoms with Crippen LogP contribution in [0.2, 0.25) is 10.0 Å². The highest BCUT2D eigenvalue weighted by Gasteiger charge is 2.16. The summed E-state index contributed by atoms with van der Waals surface area (Å²) in [6, 6.07) is 21.3. The van der Waals surface area contributed by atoms with Gasteiger partial charge in [-0.3, -0.25) is 9.59 Å². The lowest BCUT2D eigenvalue weighted by Gasteiger charge is -2.15. The average molecular weight is 572 g/mol. The third kappa shape index (κ3) is 10.1. The molecule has 0 spiro atoms. The van der Waals surface area contributed by atoms with Crippen molar-refractivity contribution in [3.8, 4) is 0 Å². The summed E-state index contributed by atoms with van der Waals surface area (Å²) in [6.45, 7) is 2.61. The molecule has 0 saturated heterocycles. The van der Waals surface area contributed by atoms with Crippen LogP contribution in [-0.4, -0.2) is 37.0 Å². The zero-order chi connectivity index (χ0) is 28.0. The number of para-hydroxylation sites is 2. The topological polar surface area (TPSA) is 109 Å². The third-order valence-electron chi connectivity index (χ3n) is 5.76. The second-order valence-electron chi connectivity index (χ2n) is 8.83. The van der Waals surface area contributed by atoms with Crippen LogP contribution in [0.1, 0.15) is 30.9 Å². The second kappa shape index (κ2) is 15.6. The molecule has 3 amide bonds. The van der Waals surface area contributed by atoms with Gasteiger partial charge < -0.3 is 26.0 Å². The second-order valence-corrected chi connectivity index (χ2v) is 9.65. The van der Waals surface area contributed by atoms with E-state index < -0.39 is 12.1 Å². The molecule has 0 aromatic heterocycles. The molecule has 0 fully saturated rings. The van der Waals surface area contributed by atoms with Crippen LogP contribution in [0.5, 0.6) is 0 Å². The molecule has 0 radical (unpaired) electrons. The Hall–Kier alpha value is -3.75. The molecule has 0 aliphatic carbocycles. The molecule has 8 nitrogen and oxygen atoms in total. The molecule has 0 saturated carbocycles. The minimum atomic E-state index is -0.734. The summed E-state index contributed by atoms with van der Waals surface area (Å²) in [5, 5.41) is 12.4. The predicted octanol–water partition coefficient (Wildman–Crippen LogP) is 5.61. The summed E-state index contributed by atoms with van der Waals surface area (Å²) >= 11 is 12.5. The van der Waals surface area contributed by atoms with E-state index in [-0.39, 0.29) is 24.8 Å². The van der Waals surface area contributed by atoms with E-state index in [1.807, 2.05) is 54.6 Å². The first-order chi connectivity index (χ1) is 18.8. The fourth-order valence-electron chi connectivity index (χ4n) is 3.63. The molecule has 0 aliphatic heterocycles. The fraction of sp³-hybridized carbons (Fsp3) is 0.276. The third-order valence-corrected chi connectivity index (χ3v) is 6.39. The van der Waals surface area contributed by atoms with Crippen LogP contribution < -0.4 is 21.3 Å². The Balaban J connectivity index is 1.31. The van der Waals surface area contributed by atoms with Crippen molar-refractivity contribution in [3.05, 3.63) is 94.0 Å². The number of halogens is 2. The van der Waals surface area contributed by atoms with Gasteiger partial charge in [0.05, 0.1) is 22.2 Å². The quantitative estimate of drug-likeness (QED) is 0.200. The van der Waals surface area contributed by atoms with Crippen LogP contribution in [0.3, 0.4) is 0 Å². The van der Waals surface area contributed by atoms with Crippen molar-refractivity contribution in [3.63, 3.8) is 0 Å². The van der Waals surface area contributed by atoms with E-state index in [0.717, 1.165) is 16.8 Å². The van der Waals surface area contributed by atoms with Gasteiger partial charge in [-0.2, -0.15) is 0 Å². The van der Waals surface area contributed by atoms with Crippen molar-refractivity contribution in [2.45, 2.75) is 38.8 Å². The number of ether oxygens (including phenoxy) is 1. The van der Waals surface area contributed by atoms with Gasteiger partial charge in [-0.25, -0.2) is 4.79 Å². The highest BCUT2D eigenvalue weighted by Crippen LogP contribution is 2.33. The monoisotopic (exact) mass is 570 g/mol. The van der Waals surface area contributed by atoms with Crippen LogP contribution >= 0.6 is 23.2 Å². The van der Waals surface area contributed by atoms with E-state index in [1.54, 1.807) is 25.1 Å². The van der Waals surface area contributed by atoms with Crippen molar-refractivity contribution in [1.82, 2.24) is 16.0 Å². The largest absolute Gasteiger partial charge is 0.445 e. The van der Waals surface area contributed by atoms with Gasteiger partial charge in [0.1, 0.15) is 12.6 Å². The van der Waals surface area contributed by atoms with Gasteiger partial charge >= 0.3 is 6.09 Å². The molecular formula is C29H32Cl2N4O4. The number of unbranched alkanes of at least 4 members (excludes halogenated alkanes) is 1. The summed E-state index contributed by atoms with van der Waals surface area (Å²) in [5.74, 6) is -0.427. The number of carbonyl (C=O) groups is 3. The molecule has 3 aromatic carbocycles. The summed E-state index contributed by atoms with van der Waals surface area (Å²) in [5.41, 5.74) is 3.00. The molecular weight excluding hydrogens is 539 g/mol. The molecule has 3 aromatic rings. The Morgan fingerprint density at radius 2 is 1.46 bits per heavy atom. The van der Waals surface area contributed by atoms with Crippen molar-refractivity contribution in [1.29, 1.82) is 0 Å². The Bertz CT molecular complexity index is 1240. The van der Waals surface area contributed by atoms with E-state index in [2.05, 4.69) is 21.3 Å². The van der Waals surface area contributed by atoms with Crippen LogP contribution in [0, 0.1) is 0 Å². The maximum absolute atomic E-state index is 12.5. The number of amides is 3. The first-order valence-electron chi connectivity index (χ1n) is 12.6. The van der Waals surface area contributed by atoms with Crippen molar-refractivity contribution >= 4 is 52.5 Å². The number of carbonyl (C=O) groups excluding carboxylic acids is 3. The first kappa shape index (κ1) is 29.8. The maximum Gasteiger partial charge on any atom is 0.408 e. The van der Waals surface area contributed by atoms with E-state index >= 15 is 0 Å². The molecule has 4 N–H and O–H groups in total. The minimum Gasteiger partial charge on any atom is -0.445 e. The zero-order valence-corrected chi connectivity index (χ0v) is 23.1. The standard InChI is InChI=1S/C29H32Cl2N4O4/c1-20(34-29(38)39-19-21-10-3-2-4-11-21)28(37)33-17-8-7-16-32-26(36)18-22-12-5-6-15-25(22)35-27-23(30)13-9-14-24(27)31/h2-6,9-15,20,35H,7-8,16-19H2,1H3,(H,32,36)(H,33,37)(H,34,38)/t20-/m0/s1. The van der Waals surface area contributed by atoms with Gasteiger partial charge in [0.15, 0.2) is 0 Å². The van der Waals surface area contributed by atoms with E-state index in [4.69, 9.17) is 27.9 Å². The molecule has 3 rings (SSSR count). The normalized spacial score (nSPS) is 11.3. The molecule has 10 heteroatoms. The Labute approximate surface area is 238 Å². The fourth-order valence-corrected chi connectivity index (χ4v) is 4.13. The highest BCUT2D eigenvalue weighted by molar-refractivity contribution is 6.39. The van der Waals surface area contributed by atoms with Crippen molar-refractivity contribution < 1.29 is 19.1 Å². The summed E-state index contributed by atoms with van der Waals surface area (Å²) in [7, 11) is 0. The molecule has 0 unspecified atom stereocenters. The number of hydrogen-bond donors (Lipinski definition) is 4. The van der Waals surface area contributed by atoms with Crippen molar-refractivity contribution in [2.75, 3.05) is 18.4 Å². The average Bonchev–Trinajstić information content (AvgIpc) is 2.93. The summed E-state index contributed by atoms with van der Waals surface area (Å²) < 4.78 is 5.13.